The highest BCUT2D eigenvalue weighted by atomic mass is 28.4. The maximum Gasteiger partial charge on any atom is 0.502 e. The summed E-state index contributed by atoms with van der Waals surface area (Å²) >= 11 is 0. The fourth-order valence-corrected chi connectivity index (χ4v) is 10.5. The van der Waals surface area contributed by atoms with Gasteiger partial charge in [-0.15, -0.1) is 0 Å². The number of rotatable bonds is 6. The van der Waals surface area contributed by atoms with Gasteiger partial charge in [-0.1, -0.05) is 19.3 Å². The molecule has 0 amide bonds. The Labute approximate surface area is 163 Å². The van der Waals surface area contributed by atoms with Crippen molar-refractivity contribution in [1.29, 1.82) is 0 Å². The van der Waals surface area contributed by atoms with E-state index >= 15 is 0 Å². The molecule has 8 nitrogen and oxygen atoms in total. The molecule has 0 radical (unpaired) electrons. The molecule has 7 atom stereocenters. The van der Waals surface area contributed by atoms with Gasteiger partial charge in [0.25, 0.3) is 0 Å². The first-order chi connectivity index (χ1) is 13.1. The summed E-state index contributed by atoms with van der Waals surface area (Å²) in [5, 5.41) is 0. The van der Waals surface area contributed by atoms with E-state index in [0.29, 0.717) is 25.6 Å². The van der Waals surface area contributed by atoms with Crippen molar-refractivity contribution in [2.45, 2.75) is 94.0 Å². The molecule has 27 heavy (non-hydrogen) atoms. The van der Waals surface area contributed by atoms with Gasteiger partial charge >= 0.3 is 17.6 Å². The number of nitrogens with two attached hydrogens (primary N) is 2. The Morgan fingerprint density at radius 2 is 1.41 bits per heavy atom. The van der Waals surface area contributed by atoms with E-state index in [2.05, 4.69) is 0 Å². The summed E-state index contributed by atoms with van der Waals surface area (Å²) in [4.78, 5) is 10.8. The molecule has 3 aliphatic heterocycles. The van der Waals surface area contributed by atoms with Crippen molar-refractivity contribution in [1.82, 2.24) is 0 Å². The molecular formula is C17H34N2O6Si2. The van der Waals surface area contributed by atoms with E-state index in [9.17, 15) is 4.80 Å². The van der Waals surface area contributed by atoms with Gasteiger partial charge in [-0.25, -0.2) is 0 Å². The van der Waals surface area contributed by atoms with E-state index in [1.54, 1.807) is 0 Å². The van der Waals surface area contributed by atoms with Crippen molar-refractivity contribution in [2.75, 3.05) is 13.1 Å². The van der Waals surface area contributed by atoms with Gasteiger partial charge < -0.3 is 38.4 Å². The van der Waals surface area contributed by atoms with Crippen molar-refractivity contribution < 1.29 is 26.9 Å². The van der Waals surface area contributed by atoms with Gasteiger partial charge in [0.1, 0.15) is 0 Å². The average Bonchev–Trinajstić information content (AvgIpc) is 3.28. The molecule has 4 rings (SSSR count). The monoisotopic (exact) mass is 418 g/mol. The van der Waals surface area contributed by atoms with E-state index in [4.69, 9.17) is 33.6 Å². The Morgan fingerprint density at radius 1 is 0.741 bits per heavy atom. The van der Waals surface area contributed by atoms with Crippen LogP contribution in [0.25, 0.3) is 0 Å². The molecule has 1 aliphatic carbocycles. The fraction of sp³-hybridized carbons (Fsp3) is 1.00. The zero-order valence-corrected chi connectivity index (χ0v) is 18.0. The summed E-state index contributed by atoms with van der Waals surface area (Å²) in [6.07, 6.45) is 7.43. The highest BCUT2D eigenvalue weighted by Crippen LogP contribution is 2.45. The van der Waals surface area contributed by atoms with Crippen LogP contribution in [-0.2, 0) is 22.1 Å². The van der Waals surface area contributed by atoms with E-state index in [1.807, 2.05) is 0 Å². The lowest BCUT2D eigenvalue weighted by Gasteiger charge is -2.32. The predicted molar refractivity (Wildman–Crippen MR) is 103 cm³/mol. The smallest absolute Gasteiger partial charge is 0.390 e. The minimum absolute atomic E-state index is 0.0174. The molecule has 3 saturated heterocycles. The normalized spacial score (nSPS) is 47.0. The molecule has 0 aromatic rings. The second kappa shape index (κ2) is 8.46. The quantitative estimate of drug-likeness (QED) is 0.544. The van der Waals surface area contributed by atoms with Gasteiger partial charge in [-0.2, -0.15) is 0 Å². The van der Waals surface area contributed by atoms with E-state index < -0.39 is 17.6 Å². The molecule has 4 aliphatic rings. The van der Waals surface area contributed by atoms with E-state index in [1.165, 1.54) is 0 Å². The zero-order valence-electron chi connectivity index (χ0n) is 16.0. The maximum absolute atomic E-state index is 10.8. The largest absolute Gasteiger partial charge is 0.502 e. The van der Waals surface area contributed by atoms with Crippen LogP contribution in [0.2, 0.25) is 12.1 Å². The molecule has 0 aromatic heterocycles. The van der Waals surface area contributed by atoms with Crippen LogP contribution in [0.15, 0.2) is 0 Å². The minimum Gasteiger partial charge on any atom is -0.390 e. The molecule has 2 bridgehead atoms. The van der Waals surface area contributed by atoms with Gasteiger partial charge in [-0.3, -0.25) is 0 Å². The molecule has 5 N–H and O–H groups in total. The SMILES string of the molecule is NCCC[Si]1(O)OC2CCCCCC3O[Si]4(CCCN)OC(CC2O1)C3O4. The topological polar surface area (TPSA) is 118 Å². The summed E-state index contributed by atoms with van der Waals surface area (Å²) < 4.78 is 31.2. The van der Waals surface area contributed by atoms with Crippen LogP contribution in [-0.4, -0.2) is 66.0 Å². The number of hydrogen-bond donors (Lipinski definition) is 3. The predicted octanol–water partition coefficient (Wildman–Crippen LogP) is 0.875. The number of fused-ring (bicyclic) bond motifs is 2. The molecule has 0 spiro atoms. The van der Waals surface area contributed by atoms with Gasteiger partial charge in [-0.05, 0) is 38.8 Å². The Hall–Kier alpha value is 0.114. The summed E-state index contributed by atoms with van der Waals surface area (Å²) in [5.74, 6) is 0. The van der Waals surface area contributed by atoms with Crippen LogP contribution in [0, 0.1) is 0 Å². The van der Waals surface area contributed by atoms with Crippen LogP contribution in [0.5, 0.6) is 0 Å². The van der Waals surface area contributed by atoms with Crippen molar-refractivity contribution in [2.24, 2.45) is 11.5 Å². The van der Waals surface area contributed by atoms with Crippen LogP contribution in [0.4, 0.5) is 0 Å². The molecule has 10 heteroatoms. The standard InChI is InChI=1S/C17H34N2O6Si2/c18-8-4-10-26(20)21-13-6-2-1-3-7-14-17-16(12-15(13)22-26)24-27(23-14,25-17)11-5-9-19/h13-17,20H,1-12,18-19H2. The van der Waals surface area contributed by atoms with Crippen molar-refractivity contribution in [3.8, 4) is 0 Å². The van der Waals surface area contributed by atoms with Crippen molar-refractivity contribution >= 4 is 17.6 Å². The first-order valence-electron chi connectivity index (χ1n) is 10.6. The summed E-state index contributed by atoms with van der Waals surface area (Å²) in [7, 11) is -5.73. The average molecular weight is 419 g/mol. The van der Waals surface area contributed by atoms with Gasteiger partial charge in [0.15, 0.2) is 0 Å². The maximum atomic E-state index is 10.8. The Kier molecular flexibility index (Phi) is 6.39. The third-order valence-corrected chi connectivity index (χ3v) is 11.4. The summed E-state index contributed by atoms with van der Waals surface area (Å²) in [6.45, 7) is 1.15. The van der Waals surface area contributed by atoms with E-state index in [-0.39, 0.29) is 30.5 Å². The Morgan fingerprint density at radius 3 is 2.19 bits per heavy atom. The highest BCUT2D eigenvalue weighted by Gasteiger charge is 2.64. The zero-order chi connectivity index (χ0) is 18.9. The van der Waals surface area contributed by atoms with E-state index in [0.717, 1.165) is 51.0 Å². The second-order valence-corrected chi connectivity index (χ2v) is 13.2. The van der Waals surface area contributed by atoms with Crippen LogP contribution < -0.4 is 11.5 Å². The molecular weight excluding hydrogens is 384 g/mol. The van der Waals surface area contributed by atoms with Gasteiger partial charge in [0.05, 0.1) is 30.5 Å². The third-order valence-electron chi connectivity index (χ3n) is 6.12. The Balaban J connectivity index is 1.48. The third kappa shape index (κ3) is 4.35. The highest BCUT2D eigenvalue weighted by molar-refractivity contribution is 6.62. The van der Waals surface area contributed by atoms with Crippen LogP contribution >= 0.6 is 0 Å². The molecule has 7 unspecified atom stereocenters. The number of hydrogen-bond acceptors (Lipinski definition) is 8. The van der Waals surface area contributed by atoms with Crippen LogP contribution in [0.1, 0.15) is 51.4 Å². The van der Waals surface area contributed by atoms with Crippen LogP contribution in [0.3, 0.4) is 0 Å². The lowest BCUT2D eigenvalue weighted by atomic mass is 9.98. The first kappa shape index (κ1) is 20.4. The molecule has 0 aromatic carbocycles. The molecule has 4 fully saturated rings. The molecule has 1 saturated carbocycles. The summed E-state index contributed by atoms with van der Waals surface area (Å²) in [6, 6.07) is 1.32. The molecule has 3 heterocycles. The van der Waals surface area contributed by atoms with Gasteiger partial charge in [0, 0.05) is 18.5 Å². The fourth-order valence-electron chi connectivity index (χ4n) is 4.82. The minimum atomic E-state index is -3.13. The van der Waals surface area contributed by atoms with Crippen molar-refractivity contribution in [3.63, 3.8) is 0 Å². The molecule has 156 valence electrons. The first-order valence-corrected chi connectivity index (χ1v) is 14.5. The lowest BCUT2D eigenvalue weighted by Crippen LogP contribution is -2.47. The van der Waals surface area contributed by atoms with Gasteiger partial charge in [0.2, 0.25) is 0 Å². The lowest BCUT2D eigenvalue weighted by molar-refractivity contribution is -0.00682. The van der Waals surface area contributed by atoms with Crippen molar-refractivity contribution in [3.05, 3.63) is 0 Å². The summed E-state index contributed by atoms with van der Waals surface area (Å²) in [5.41, 5.74) is 11.3. The second-order valence-electron chi connectivity index (χ2n) is 8.26. The Bertz CT molecular complexity index is 518.